The lowest BCUT2D eigenvalue weighted by Crippen LogP contribution is -2.50. The smallest absolute Gasteiger partial charge is 0.156 e. The van der Waals surface area contributed by atoms with Gasteiger partial charge in [-0.15, -0.1) is 0 Å². The second-order valence-electron chi connectivity index (χ2n) is 6.70. The molecule has 3 fully saturated rings. The molecule has 0 aromatic carbocycles. The number of ether oxygens (including phenoxy) is 1. The number of piperidine rings is 1. The largest absolute Gasteiger partial charge is 0.409 e. The van der Waals surface area contributed by atoms with Gasteiger partial charge < -0.3 is 15.7 Å². The zero-order valence-corrected chi connectivity index (χ0v) is 12.3. The Hall–Kier alpha value is -0.810. The molecule has 2 unspecified atom stereocenters. The summed E-state index contributed by atoms with van der Waals surface area (Å²) in [6, 6.07) is 0.0949. The fourth-order valence-corrected chi connectivity index (χ4v) is 4.28. The van der Waals surface area contributed by atoms with Crippen molar-refractivity contribution in [1.82, 2.24) is 4.90 Å². The molecule has 3 rings (SSSR count). The molecule has 0 radical (unpaired) electrons. The van der Waals surface area contributed by atoms with Crippen molar-refractivity contribution in [2.45, 2.75) is 75.5 Å². The molecule has 114 valence electrons. The highest BCUT2D eigenvalue weighted by Crippen LogP contribution is 2.43. The molecule has 0 bridgehead atoms. The Labute approximate surface area is 121 Å². The van der Waals surface area contributed by atoms with Gasteiger partial charge in [-0.2, -0.15) is 0 Å². The fourth-order valence-electron chi connectivity index (χ4n) is 4.28. The Morgan fingerprint density at radius 3 is 2.75 bits per heavy atom. The predicted molar refractivity (Wildman–Crippen MR) is 77.9 cm³/mol. The van der Waals surface area contributed by atoms with Crippen LogP contribution in [0.25, 0.3) is 0 Å². The molecular formula is C15H27N3O2. The molecule has 5 nitrogen and oxygen atoms in total. The van der Waals surface area contributed by atoms with E-state index in [0.29, 0.717) is 11.9 Å². The van der Waals surface area contributed by atoms with Crippen molar-refractivity contribution in [1.29, 1.82) is 0 Å². The summed E-state index contributed by atoms with van der Waals surface area (Å²) in [5.74, 6) is 0.360. The van der Waals surface area contributed by atoms with Crippen LogP contribution in [0, 0.1) is 0 Å². The molecule has 1 aliphatic carbocycles. The summed E-state index contributed by atoms with van der Waals surface area (Å²) >= 11 is 0. The van der Waals surface area contributed by atoms with E-state index in [-0.39, 0.29) is 11.6 Å². The number of rotatable bonds is 3. The summed E-state index contributed by atoms with van der Waals surface area (Å²) in [7, 11) is 0. The predicted octanol–water partition coefficient (Wildman–Crippen LogP) is 2.08. The van der Waals surface area contributed by atoms with Gasteiger partial charge in [-0.3, -0.25) is 4.90 Å². The van der Waals surface area contributed by atoms with Crippen LogP contribution in [0.5, 0.6) is 0 Å². The molecule has 2 aliphatic heterocycles. The van der Waals surface area contributed by atoms with Crippen LogP contribution in [0.1, 0.15) is 57.8 Å². The quantitative estimate of drug-likeness (QED) is 0.359. The number of likely N-dealkylation sites (tertiary alicyclic amines) is 1. The average molecular weight is 281 g/mol. The highest BCUT2D eigenvalue weighted by molar-refractivity contribution is 5.85. The minimum Gasteiger partial charge on any atom is -0.409 e. The molecule has 5 heteroatoms. The zero-order chi connectivity index (χ0) is 14.0. The third-order valence-electron chi connectivity index (χ3n) is 5.36. The van der Waals surface area contributed by atoms with Crippen molar-refractivity contribution in [3.8, 4) is 0 Å². The Morgan fingerprint density at radius 1 is 1.20 bits per heavy atom. The molecule has 2 heterocycles. The van der Waals surface area contributed by atoms with Crippen molar-refractivity contribution in [3.63, 3.8) is 0 Å². The molecule has 0 aromatic heterocycles. The average Bonchev–Trinajstić information content (AvgIpc) is 3.09. The number of nitrogens with two attached hydrogens (primary N) is 1. The monoisotopic (exact) mass is 281 g/mol. The molecule has 3 aliphatic rings. The summed E-state index contributed by atoms with van der Waals surface area (Å²) in [6.07, 6.45) is 11.2. The highest BCUT2D eigenvalue weighted by atomic mass is 16.5. The van der Waals surface area contributed by atoms with E-state index in [0.717, 1.165) is 25.9 Å². The number of nitrogens with zero attached hydrogens (tertiary/aromatic N) is 2. The third-order valence-corrected chi connectivity index (χ3v) is 5.36. The maximum Gasteiger partial charge on any atom is 0.156 e. The minimum atomic E-state index is 0.0949. The number of oxime groups is 1. The van der Waals surface area contributed by atoms with Crippen LogP contribution >= 0.6 is 0 Å². The first-order valence-corrected chi connectivity index (χ1v) is 8.12. The normalized spacial score (nSPS) is 34.9. The lowest BCUT2D eigenvalue weighted by molar-refractivity contribution is -0.0510. The van der Waals surface area contributed by atoms with Gasteiger partial charge in [-0.25, -0.2) is 0 Å². The zero-order valence-electron chi connectivity index (χ0n) is 12.3. The van der Waals surface area contributed by atoms with Gasteiger partial charge in [0.1, 0.15) is 0 Å². The van der Waals surface area contributed by atoms with Crippen LogP contribution in [-0.4, -0.2) is 46.8 Å². The highest BCUT2D eigenvalue weighted by Gasteiger charge is 2.43. The second kappa shape index (κ2) is 5.90. The molecule has 0 amide bonds. The first-order valence-electron chi connectivity index (χ1n) is 8.12. The second-order valence-corrected chi connectivity index (χ2v) is 6.70. The standard InChI is InChI=1S/C15H27N3O2/c16-14(17-19)13-5-1-4-10-18(13)11-12-6-9-15(20-12)7-2-3-8-15/h12-13,19H,1-11H2,(H2,16,17). The van der Waals surface area contributed by atoms with E-state index in [1.807, 2.05) is 0 Å². The van der Waals surface area contributed by atoms with E-state index in [4.69, 9.17) is 15.7 Å². The maximum atomic E-state index is 8.94. The van der Waals surface area contributed by atoms with Crippen LogP contribution < -0.4 is 5.73 Å². The van der Waals surface area contributed by atoms with Gasteiger partial charge in [-0.05, 0) is 45.1 Å². The Kier molecular flexibility index (Phi) is 4.17. The lowest BCUT2D eigenvalue weighted by atomic mass is 9.97. The third kappa shape index (κ3) is 2.79. The Morgan fingerprint density at radius 2 is 2.00 bits per heavy atom. The van der Waals surface area contributed by atoms with Crippen LogP contribution in [0.2, 0.25) is 0 Å². The number of hydrogen-bond donors (Lipinski definition) is 2. The topological polar surface area (TPSA) is 71.1 Å². The Balaban J connectivity index is 1.59. The van der Waals surface area contributed by atoms with E-state index >= 15 is 0 Å². The van der Waals surface area contributed by atoms with Crippen molar-refractivity contribution in [3.05, 3.63) is 0 Å². The van der Waals surface area contributed by atoms with Gasteiger partial charge in [0.15, 0.2) is 5.84 Å². The summed E-state index contributed by atoms with van der Waals surface area (Å²) in [6.45, 7) is 1.97. The van der Waals surface area contributed by atoms with Crippen LogP contribution in [0.4, 0.5) is 0 Å². The van der Waals surface area contributed by atoms with E-state index in [9.17, 15) is 0 Å². The number of amidine groups is 1. The first kappa shape index (κ1) is 14.1. The SMILES string of the molecule is NC(=NO)C1CCCCN1CC1CCC2(CCCC2)O1. The van der Waals surface area contributed by atoms with E-state index < -0.39 is 0 Å². The van der Waals surface area contributed by atoms with Gasteiger partial charge in [-0.1, -0.05) is 24.4 Å². The van der Waals surface area contributed by atoms with E-state index in [1.54, 1.807) is 0 Å². The van der Waals surface area contributed by atoms with E-state index in [1.165, 1.54) is 44.9 Å². The van der Waals surface area contributed by atoms with Crippen molar-refractivity contribution in [2.75, 3.05) is 13.1 Å². The minimum absolute atomic E-state index is 0.0949. The summed E-state index contributed by atoms with van der Waals surface area (Å²) in [5.41, 5.74) is 6.05. The molecule has 1 spiro atoms. The molecule has 2 saturated heterocycles. The lowest BCUT2D eigenvalue weighted by Gasteiger charge is -2.36. The Bertz CT molecular complexity index is 366. The van der Waals surface area contributed by atoms with Crippen molar-refractivity contribution in [2.24, 2.45) is 10.9 Å². The van der Waals surface area contributed by atoms with Crippen LogP contribution in [0.15, 0.2) is 5.16 Å². The molecular weight excluding hydrogens is 254 g/mol. The molecule has 1 saturated carbocycles. The van der Waals surface area contributed by atoms with Gasteiger partial charge in [0.2, 0.25) is 0 Å². The van der Waals surface area contributed by atoms with Crippen molar-refractivity contribution >= 4 is 5.84 Å². The number of hydrogen-bond acceptors (Lipinski definition) is 4. The van der Waals surface area contributed by atoms with E-state index in [2.05, 4.69) is 10.1 Å². The fraction of sp³-hybridized carbons (Fsp3) is 0.933. The van der Waals surface area contributed by atoms with Gasteiger partial charge in [0.25, 0.3) is 0 Å². The van der Waals surface area contributed by atoms with Gasteiger partial charge >= 0.3 is 0 Å². The summed E-state index contributed by atoms with van der Waals surface area (Å²) < 4.78 is 6.39. The van der Waals surface area contributed by atoms with Crippen LogP contribution in [-0.2, 0) is 4.74 Å². The molecule has 3 N–H and O–H groups in total. The summed E-state index contributed by atoms with van der Waals surface area (Å²) in [4.78, 5) is 2.36. The van der Waals surface area contributed by atoms with Crippen molar-refractivity contribution < 1.29 is 9.94 Å². The first-order chi connectivity index (χ1) is 9.72. The summed E-state index contributed by atoms with van der Waals surface area (Å²) in [5, 5.41) is 12.2. The van der Waals surface area contributed by atoms with Crippen LogP contribution in [0.3, 0.4) is 0 Å². The van der Waals surface area contributed by atoms with Gasteiger partial charge in [0.05, 0.1) is 17.7 Å². The maximum absolute atomic E-state index is 8.94. The van der Waals surface area contributed by atoms with Gasteiger partial charge in [0, 0.05) is 6.54 Å². The molecule has 2 atom stereocenters. The molecule has 20 heavy (non-hydrogen) atoms. The molecule has 0 aromatic rings.